The van der Waals surface area contributed by atoms with E-state index >= 15 is 0 Å². The quantitative estimate of drug-likeness (QED) is 0.232. The van der Waals surface area contributed by atoms with Crippen molar-refractivity contribution in [1.82, 2.24) is 14.9 Å². The fourth-order valence-electron chi connectivity index (χ4n) is 4.96. The molecular formula is C33H38N6O4. The molecule has 224 valence electrons. The van der Waals surface area contributed by atoms with Crippen LogP contribution in [0, 0.1) is 13.8 Å². The van der Waals surface area contributed by atoms with Crippen LogP contribution in [0.3, 0.4) is 0 Å². The molecule has 5 rings (SSSR count). The normalized spacial score (nSPS) is 13.4. The van der Waals surface area contributed by atoms with Crippen molar-refractivity contribution in [2.45, 2.75) is 20.8 Å². The number of piperazine rings is 1. The molecule has 0 spiro atoms. The molecule has 0 unspecified atom stereocenters. The zero-order valence-corrected chi connectivity index (χ0v) is 25.3. The lowest BCUT2D eigenvalue weighted by atomic mass is 10.1. The number of carbonyl (C=O) groups is 1. The van der Waals surface area contributed by atoms with Gasteiger partial charge in [0.25, 0.3) is 5.91 Å². The molecule has 0 saturated carbocycles. The van der Waals surface area contributed by atoms with Gasteiger partial charge in [-0.25, -0.2) is 4.98 Å². The van der Waals surface area contributed by atoms with E-state index in [9.17, 15) is 4.79 Å². The highest BCUT2D eigenvalue weighted by Gasteiger charge is 2.21. The number of amides is 1. The number of aromatic nitrogens is 2. The summed E-state index contributed by atoms with van der Waals surface area (Å²) >= 11 is 0. The van der Waals surface area contributed by atoms with Crippen LogP contribution < -0.4 is 29.7 Å². The van der Waals surface area contributed by atoms with Gasteiger partial charge in [-0.3, -0.25) is 4.79 Å². The van der Waals surface area contributed by atoms with Gasteiger partial charge in [-0.15, -0.1) is 0 Å². The van der Waals surface area contributed by atoms with Gasteiger partial charge in [-0.2, -0.15) is 4.98 Å². The summed E-state index contributed by atoms with van der Waals surface area (Å²) < 4.78 is 17.7. The molecule has 4 aromatic rings. The molecule has 10 heteroatoms. The van der Waals surface area contributed by atoms with Crippen LogP contribution in [0.1, 0.15) is 28.4 Å². The second-order valence-corrected chi connectivity index (χ2v) is 10.4. The molecule has 1 aromatic heterocycles. The second kappa shape index (κ2) is 13.4. The van der Waals surface area contributed by atoms with E-state index in [1.54, 1.807) is 13.2 Å². The maximum atomic E-state index is 13.6. The van der Waals surface area contributed by atoms with Gasteiger partial charge in [-0.1, -0.05) is 30.3 Å². The molecule has 2 N–H and O–H groups in total. The highest BCUT2D eigenvalue weighted by atomic mass is 16.5. The summed E-state index contributed by atoms with van der Waals surface area (Å²) in [6, 6.07) is 19.1. The topological polar surface area (TPSA) is 101 Å². The van der Waals surface area contributed by atoms with E-state index in [1.807, 2.05) is 75.4 Å². The number of hydrogen-bond acceptors (Lipinski definition) is 9. The van der Waals surface area contributed by atoms with Crippen molar-refractivity contribution in [3.8, 4) is 23.1 Å². The van der Waals surface area contributed by atoms with Crippen LogP contribution in [0.2, 0.25) is 0 Å². The average Bonchev–Trinajstić information content (AvgIpc) is 3.01. The summed E-state index contributed by atoms with van der Waals surface area (Å²) in [7, 11) is 3.80. The maximum Gasteiger partial charge on any atom is 0.262 e. The average molecular weight is 583 g/mol. The lowest BCUT2D eigenvalue weighted by molar-refractivity contribution is 0.102. The molecule has 1 fully saturated rings. The predicted octanol–water partition coefficient (Wildman–Crippen LogP) is 6.04. The molecule has 1 aliphatic heterocycles. The predicted molar refractivity (Wildman–Crippen MR) is 170 cm³/mol. The number of nitrogens with one attached hydrogen (secondary N) is 2. The van der Waals surface area contributed by atoms with Crippen molar-refractivity contribution in [2.24, 2.45) is 0 Å². The summed E-state index contributed by atoms with van der Waals surface area (Å²) in [5.41, 5.74) is 4.60. The van der Waals surface area contributed by atoms with Crippen LogP contribution >= 0.6 is 0 Å². The molecule has 0 bridgehead atoms. The Morgan fingerprint density at radius 1 is 0.930 bits per heavy atom. The second-order valence-electron chi connectivity index (χ2n) is 10.4. The van der Waals surface area contributed by atoms with Crippen LogP contribution in [0.25, 0.3) is 0 Å². The molecule has 2 heterocycles. The highest BCUT2D eigenvalue weighted by Crippen LogP contribution is 2.35. The Hall–Kier alpha value is -4.83. The largest absolute Gasteiger partial charge is 0.495 e. The van der Waals surface area contributed by atoms with Crippen molar-refractivity contribution >= 4 is 28.9 Å². The number of benzene rings is 3. The smallest absolute Gasteiger partial charge is 0.262 e. The third-order valence-corrected chi connectivity index (χ3v) is 7.35. The lowest BCUT2D eigenvalue weighted by Crippen LogP contribution is -2.44. The minimum Gasteiger partial charge on any atom is -0.495 e. The molecule has 1 amide bonds. The Morgan fingerprint density at radius 2 is 1.65 bits per heavy atom. The van der Waals surface area contributed by atoms with E-state index in [0.29, 0.717) is 18.1 Å². The summed E-state index contributed by atoms with van der Waals surface area (Å²) in [6.45, 7) is 10.1. The third-order valence-electron chi connectivity index (χ3n) is 7.35. The van der Waals surface area contributed by atoms with Gasteiger partial charge in [0.05, 0.1) is 19.4 Å². The van der Waals surface area contributed by atoms with E-state index in [-0.39, 0.29) is 23.3 Å². The Kier molecular flexibility index (Phi) is 9.26. The number of aryl methyl sites for hydroxylation is 2. The van der Waals surface area contributed by atoms with Crippen LogP contribution in [-0.4, -0.2) is 67.7 Å². The number of anilines is 4. The third kappa shape index (κ3) is 6.98. The van der Waals surface area contributed by atoms with Gasteiger partial charge in [0.15, 0.2) is 11.5 Å². The van der Waals surface area contributed by atoms with Crippen molar-refractivity contribution in [1.29, 1.82) is 0 Å². The highest BCUT2D eigenvalue weighted by molar-refractivity contribution is 6.06. The molecule has 0 aliphatic carbocycles. The van der Waals surface area contributed by atoms with E-state index in [0.717, 1.165) is 60.1 Å². The fourth-order valence-corrected chi connectivity index (χ4v) is 4.96. The Balaban J connectivity index is 1.45. The van der Waals surface area contributed by atoms with Crippen molar-refractivity contribution < 1.29 is 19.0 Å². The van der Waals surface area contributed by atoms with Crippen molar-refractivity contribution in [3.05, 3.63) is 83.6 Å². The van der Waals surface area contributed by atoms with Crippen molar-refractivity contribution in [2.75, 3.05) is 62.5 Å². The monoisotopic (exact) mass is 582 g/mol. The number of methoxy groups -OCH3 is 1. The first-order valence-electron chi connectivity index (χ1n) is 14.4. The molecule has 1 aliphatic rings. The van der Waals surface area contributed by atoms with Crippen LogP contribution in [0.5, 0.6) is 23.1 Å². The van der Waals surface area contributed by atoms with Gasteiger partial charge >= 0.3 is 0 Å². The van der Waals surface area contributed by atoms with Crippen LogP contribution in [0.15, 0.2) is 66.9 Å². The Morgan fingerprint density at radius 3 is 2.35 bits per heavy atom. The van der Waals surface area contributed by atoms with E-state index < -0.39 is 0 Å². The van der Waals surface area contributed by atoms with Crippen molar-refractivity contribution in [3.63, 3.8) is 0 Å². The minimum absolute atomic E-state index is 0.0920. The van der Waals surface area contributed by atoms with Gasteiger partial charge in [0.2, 0.25) is 11.8 Å². The van der Waals surface area contributed by atoms with Gasteiger partial charge in [-0.05, 0) is 63.2 Å². The number of nitrogens with zero attached hydrogens (tertiary/aromatic N) is 4. The first-order valence-corrected chi connectivity index (χ1v) is 14.4. The molecule has 0 atom stereocenters. The molecule has 10 nitrogen and oxygen atoms in total. The zero-order valence-electron chi connectivity index (χ0n) is 25.3. The molecule has 43 heavy (non-hydrogen) atoms. The Bertz CT molecular complexity index is 1570. The molecule has 3 aromatic carbocycles. The van der Waals surface area contributed by atoms with Crippen LogP contribution in [-0.2, 0) is 0 Å². The van der Waals surface area contributed by atoms with Gasteiger partial charge in [0, 0.05) is 49.8 Å². The number of likely N-dealkylation sites (N-methyl/N-ethyl adjacent to an activating group) is 1. The first-order chi connectivity index (χ1) is 20.9. The first kappa shape index (κ1) is 29.7. The van der Waals surface area contributed by atoms with E-state index in [4.69, 9.17) is 14.2 Å². The molecule has 1 saturated heterocycles. The number of ether oxygens (including phenoxy) is 3. The lowest BCUT2D eigenvalue weighted by Gasteiger charge is -2.34. The van der Waals surface area contributed by atoms with E-state index in [1.165, 1.54) is 6.20 Å². The Labute approximate surface area is 252 Å². The standard InChI is InChI=1S/C33H38N6O4/c1-6-42-27-12-7-8-13-28(27)43-32-25(31(40)36-30-22(2)10-9-11-23(30)3)21-34-33(37-32)35-24-14-15-26(29(20-24)41-5)39-18-16-38(4)17-19-39/h7-15,20-21H,6,16-19H2,1-5H3,(H,36,40)(H,34,35,37). The summed E-state index contributed by atoms with van der Waals surface area (Å²) in [5, 5.41) is 6.25. The number of para-hydroxylation sites is 3. The number of carbonyl (C=O) groups excluding carboxylic acids is 1. The summed E-state index contributed by atoms with van der Waals surface area (Å²) in [5.74, 6) is 1.71. The maximum absolute atomic E-state index is 13.6. The summed E-state index contributed by atoms with van der Waals surface area (Å²) in [4.78, 5) is 27.3. The fraction of sp³-hybridized carbons (Fsp3) is 0.303. The SMILES string of the molecule is CCOc1ccccc1Oc1nc(Nc2ccc(N3CCN(C)CC3)c(OC)c2)ncc1C(=O)Nc1c(C)cccc1C. The van der Waals surface area contributed by atoms with Crippen LogP contribution in [0.4, 0.5) is 23.0 Å². The van der Waals surface area contributed by atoms with E-state index in [2.05, 4.69) is 37.4 Å². The van der Waals surface area contributed by atoms with Gasteiger partial charge < -0.3 is 34.6 Å². The molecule has 0 radical (unpaired) electrons. The van der Waals surface area contributed by atoms with Gasteiger partial charge in [0.1, 0.15) is 11.3 Å². The zero-order chi connectivity index (χ0) is 30.3. The number of rotatable bonds is 10. The number of hydrogen-bond donors (Lipinski definition) is 2. The molecular weight excluding hydrogens is 544 g/mol. The minimum atomic E-state index is -0.383. The summed E-state index contributed by atoms with van der Waals surface area (Å²) in [6.07, 6.45) is 1.47.